The van der Waals surface area contributed by atoms with Crippen LogP contribution in [-0.2, 0) is 27.2 Å². The largest absolute Gasteiger partial charge is 0.378 e. The third kappa shape index (κ3) is 6.35. The van der Waals surface area contributed by atoms with E-state index in [2.05, 4.69) is 25.0 Å². The molecule has 0 bridgehead atoms. The molecule has 2 saturated heterocycles. The number of hydrogen-bond acceptors (Lipinski definition) is 7. The fourth-order valence-corrected chi connectivity index (χ4v) is 4.74. The Labute approximate surface area is 191 Å². The van der Waals surface area contributed by atoms with E-state index in [0.29, 0.717) is 37.1 Å². The van der Waals surface area contributed by atoms with Gasteiger partial charge in [0, 0.05) is 31.3 Å². The minimum atomic E-state index is -0.0217. The van der Waals surface area contributed by atoms with E-state index in [0.717, 1.165) is 55.6 Å². The smallest absolute Gasteiger partial charge is 0.230 e. The maximum atomic E-state index is 12.4. The highest BCUT2D eigenvalue weighted by atomic mass is 35.5. The Hall–Kier alpha value is -1.81. The average molecular weight is 466 g/mol. The second-order valence-corrected chi connectivity index (χ2v) is 9.03. The van der Waals surface area contributed by atoms with Crippen molar-refractivity contribution in [2.24, 2.45) is 0 Å². The number of carbonyl (C=O) groups excluding carboxylic acids is 1. The van der Waals surface area contributed by atoms with Gasteiger partial charge in [-0.2, -0.15) is 0 Å². The summed E-state index contributed by atoms with van der Waals surface area (Å²) in [5.41, 5.74) is 1.10. The SMILES string of the molecule is O=C(CSc1nnc(N2CCOCC2)n1CC1CCCO1)NCCc1cccc(Cl)c1. The van der Waals surface area contributed by atoms with Crippen LogP contribution >= 0.6 is 23.4 Å². The van der Waals surface area contributed by atoms with Gasteiger partial charge in [-0.05, 0) is 37.0 Å². The van der Waals surface area contributed by atoms with Gasteiger partial charge in [-0.15, -0.1) is 10.2 Å². The maximum Gasteiger partial charge on any atom is 0.230 e. The molecule has 168 valence electrons. The van der Waals surface area contributed by atoms with Crippen LogP contribution in [0.4, 0.5) is 5.95 Å². The molecule has 0 saturated carbocycles. The van der Waals surface area contributed by atoms with Gasteiger partial charge in [0.1, 0.15) is 0 Å². The summed E-state index contributed by atoms with van der Waals surface area (Å²) in [4.78, 5) is 14.6. The number of carbonyl (C=O) groups is 1. The van der Waals surface area contributed by atoms with Crippen molar-refractivity contribution in [2.75, 3.05) is 50.1 Å². The number of anilines is 1. The van der Waals surface area contributed by atoms with Crippen LogP contribution in [0.1, 0.15) is 18.4 Å². The van der Waals surface area contributed by atoms with Gasteiger partial charge < -0.3 is 19.7 Å². The van der Waals surface area contributed by atoms with Gasteiger partial charge in [0.25, 0.3) is 0 Å². The summed E-state index contributed by atoms with van der Waals surface area (Å²) in [6.45, 7) is 5.03. The van der Waals surface area contributed by atoms with Crippen molar-refractivity contribution >= 4 is 35.2 Å². The molecule has 31 heavy (non-hydrogen) atoms. The van der Waals surface area contributed by atoms with Crippen LogP contribution in [-0.4, -0.2) is 72.0 Å². The summed E-state index contributed by atoms with van der Waals surface area (Å²) >= 11 is 7.43. The molecule has 3 heterocycles. The minimum Gasteiger partial charge on any atom is -0.378 e. The number of hydrogen-bond donors (Lipinski definition) is 1. The second-order valence-electron chi connectivity index (χ2n) is 7.65. The molecule has 0 spiro atoms. The van der Waals surface area contributed by atoms with Crippen molar-refractivity contribution < 1.29 is 14.3 Å². The van der Waals surface area contributed by atoms with Gasteiger partial charge in [-0.25, -0.2) is 0 Å². The minimum absolute atomic E-state index is 0.0217. The van der Waals surface area contributed by atoms with Gasteiger partial charge in [-0.1, -0.05) is 35.5 Å². The topological polar surface area (TPSA) is 81.5 Å². The monoisotopic (exact) mass is 465 g/mol. The van der Waals surface area contributed by atoms with Gasteiger partial charge >= 0.3 is 0 Å². The Bertz CT molecular complexity index is 868. The van der Waals surface area contributed by atoms with E-state index in [4.69, 9.17) is 21.1 Å². The van der Waals surface area contributed by atoms with E-state index in [9.17, 15) is 4.79 Å². The number of halogens is 1. The molecule has 8 nitrogen and oxygen atoms in total. The fourth-order valence-electron chi connectivity index (χ4n) is 3.76. The molecule has 0 aliphatic carbocycles. The standard InChI is InChI=1S/C21H28ClN5O3S/c22-17-4-1-3-16(13-17)6-7-23-19(28)15-31-21-25-24-20(26-8-11-29-12-9-26)27(21)14-18-5-2-10-30-18/h1,3-4,13,18H,2,5-12,14-15H2,(H,23,28). The summed E-state index contributed by atoms with van der Waals surface area (Å²) in [7, 11) is 0. The maximum absolute atomic E-state index is 12.4. The number of aromatic nitrogens is 3. The highest BCUT2D eigenvalue weighted by Gasteiger charge is 2.25. The fraction of sp³-hybridized carbons (Fsp3) is 0.571. The normalized spacial score (nSPS) is 19.0. The number of morpholine rings is 1. The molecule has 2 fully saturated rings. The average Bonchev–Trinajstić information content (AvgIpc) is 3.43. The van der Waals surface area contributed by atoms with E-state index in [1.807, 2.05) is 24.3 Å². The highest BCUT2D eigenvalue weighted by molar-refractivity contribution is 7.99. The van der Waals surface area contributed by atoms with Crippen molar-refractivity contribution in [3.8, 4) is 0 Å². The molecule has 1 N–H and O–H groups in total. The van der Waals surface area contributed by atoms with Crippen LogP contribution in [0.2, 0.25) is 5.02 Å². The zero-order valence-corrected chi connectivity index (χ0v) is 19.0. The van der Waals surface area contributed by atoms with Crippen LogP contribution in [0.15, 0.2) is 29.4 Å². The summed E-state index contributed by atoms with van der Waals surface area (Å²) in [5.74, 6) is 1.11. The lowest BCUT2D eigenvalue weighted by Crippen LogP contribution is -2.38. The summed E-state index contributed by atoms with van der Waals surface area (Å²) in [6.07, 6.45) is 3.03. The van der Waals surface area contributed by atoms with Crippen molar-refractivity contribution in [3.63, 3.8) is 0 Å². The van der Waals surface area contributed by atoms with Gasteiger partial charge in [-0.3, -0.25) is 9.36 Å². The van der Waals surface area contributed by atoms with Crippen LogP contribution in [0.3, 0.4) is 0 Å². The van der Waals surface area contributed by atoms with Crippen molar-refractivity contribution in [1.82, 2.24) is 20.1 Å². The number of amides is 1. The Balaban J connectivity index is 1.33. The molecule has 1 atom stereocenters. The lowest BCUT2D eigenvalue weighted by molar-refractivity contribution is -0.118. The lowest BCUT2D eigenvalue weighted by Gasteiger charge is -2.28. The molecule has 4 rings (SSSR count). The van der Waals surface area contributed by atoms with Crippen LogP contribution in [0.25, 0.3) is 0 Å². The predicted octanol–water partition coefficient (Wildman–Crippen LogP) is 2.40. The van der Waals surface area contributed by atoms with Crippen LogP contribution < -0.4 is 10.2 Å². The van der Waals surface area contributed by atoms with E-state index in [-0.39, 0.29) is 12.0 Å². The molecule has 0 radical (unpaired) electrons. The molecular weight excluding hydrogens is 438 g/mol. The molecule has 1 unspecified atom stereocenters. The summed E-state index contributed by atoms with van der Waals surface area (Å²) < 4.78 is 13.4. The molecular formula is C21H28ClN5O3S. The zero-order chi connectivity index (χ0) is 21.5. The summed E-state index contributed by atoms with van der Waals surface area (Å²) in [5, 5.41) is 13.3. The van der Waals surface area contributed by atoms with Crippen molar-refractivity contribution in [1.29, 1.82) is 0 Å². The third-order valence-corrected chi connectivity index (χ3v) is 6.56. The molecule has 2 aliphatic rings. The van der Waals surface area contributed by atoms with Gasteiger partial charge in [0.2, 0.25) is 11.9 Å². The van der Waals surface area contributed by atoms with Gasteiger partial charge in [0.05, 0.1) is 31.6 Å². The number of thioether (sulfide) groups is 1. The first kappa shape index (κ1) is 22.4. The first-order valence-corrected chi connectivity index (χ1v) is 12.1. The van der Waals surface area contributed by atoms with E-state index < -0.39 is 0 Å². The summed E-state index contributed by atoms with van der Waals surface area (Å²) in [6, 6.07) is 7.69. The number of benzene rings is 1. The molecule has 2 aliphatic heterocycles. The predicted molar refractivity (Wildman–Crippen MR) is 121 cm³/mol. The van der Waals surface area contributed by atoms with Crippen molar-refractivity contribution in [3.05, 3.63) is 34.9 Å². The number of rotatable bonds is 9. The first-order valence-electron chi connectivity index (χ1n) is 10.7. The Morgan fingerprint density at radius 1 is 1.26 bits per heavy atom. The van der Waals surface area contributed by atoms with Gasteiger partial charge in [0.15, 0.2) is 5.16 Å². The van der Waals surface area contributed by atoms with E-state index in [1.165, 1.54) is 11.8 Å². The second kappa shape index (κ2) is 11.2. The Kier molecular flexibility index (Phi) is 8.07. The third-order valence-electron chi connectivity index (χ3n) is 5.36. The number of nitrogens with one attached hydrogen (secondary N) is 1. The van der Waals surface area contributed by atoms with E-state index in [1.54, 1.807) is 0 Å². The van der Waals surface area contributed by atoms with Crippen LogP contribution in [0.5, 0.6) is 0 Å². The number of ether oxygens (including phenoxy) is 2. The molecule has 1 aromatic carbocycles. The van der Waals surface area contributed by atoms with Crippen LogP contribution in [0, 0.1) is 0 Å². The Morgan fingerprint density at radius 3 is 2.90 bits per heavy atom. The molecule has 10 heteroatoms. The quantitative estimate of drug-likeness (QED) is 0.569. The zero-order valence-electron chi connectivity index (χ0n) is 17.5. The highest BCUT2D eigenvalue weighted by Crippen LogP contribution is 2.25. The van der Waals surface area contributed by atoms with E-state index >= 15 is 0 Å². The molecule has 1 amide bonds. The Morgan fingerprint density at radius 2 is 2.13 bits per heavy atom. The first-order chi connectivity index (χ1) is 15.2. The number of nitrogens with zero attached hydrogens (tertiary/aromatic N) is 4. The molecule has 2 aromatic rings. The molecule has 1 aromatic heterocycles. The lowest BCUT2D eigenvalue weighted by atomic mass is 10.1. The van der Waals surface area contributed by atoms with Crippen molar-refractivity contribution in [2.45, 2.75) is 37.1 Å².